The van der Waals surface area contributed by atoms with E-state index in [2.05, 4.69) is 40.4 Å². The van der Waals surface area contributed by atoms with Gasteiger partial charge in [0, 0.05) is 0 Å². The molecule has 16 heavy (non-hydrogen) atoms. The van der Waals surface area contributed by atoms with Crippen LogP contribution in [0.25, 0.3) is 11.0 Å². The third-order valence-electron chi connectivity index (χ3n) is 3.12. The normalized spacial score (nSPS) is 19.9. The Morgan fingerprint density at radius 1 is 1.38 bits per heavy atom. The lowest BCUT2D eigenvalue weighted by molar-refractivity contribution is 0.614. The first-order chi connectivity index (χ1) is 7.34. The Labute approximate surface area is 101 Å². The van der Waals surface area contributed by atoms with E-state index >= 15 is 0 Å². The number of aryl methyl sites for hydroxylation is 1. The summed E-state index contributed by atoms with van der Waals surface area (Å²) in [7, 11) is 0. The van der Waals surface area contributed by atoms with E-state index in [4.69, 9.17) is 0 Å². The van der Waals surface area contributed by atoms with Gasteiger partial charge in [-0.25, -0.2) is 4.98 Å². The summed E-state index contributed by atoms with van der Waals surface area (Å²) < 4.78 is 0. The Hall–Kier alpha value is -1.06. The van der Waals surface area contributed by atoms with Crippen molar-refractivity contribution >= 4 is 23.4 Å². The van der Waals surface area contributed by atoms with Gasteiger partial charge in [0.2, 0.25) is 0 Å². The van der Waals surface area contributed by atoms with Crippen LogP contribution in [-0.2, 0) is 0 Å². The number of aromatic amines is 1. The number of rotatable bonds is 1. The van der Waals surface area contributed by atoms with Crippen LogP contribution in [0, 0.1) is 6.92 Å². The highest BCUT2D eigenvalue weighted by molar-refractivity contribution is 5.85. The van der Waals surface area contributed by atoms with Gasteiger partial charge in [0.05, 0.1) is 17.1 Å². The van der Waals surface area contributed by atoms with E-state index in [-0.39, 0.29) is 12.4 Å². The van der Waals surface area contributed by atoms with Crippen molar-refractivity contribution in [2.45, 2.75) is 25.8 Å². The smallest absolute Gasteiger partial charge is 0.124 e. The third kappa shape index (κ3) is 1.81. The topological polar surface area (TPSA) is 40.7 Å². The fraction of sp³-hybridized carbons (Fsp3) is 0.417. The summed E-state index contributed by atoms with van der Waals surface area (Å²) in [4.78, 5) is 8.08. The second-order valence-corrected chi connectivity index (χ2v) is 4.24. The summed E-state index contributed by atoms with van der Waals surface area (Å²) in [5.41, 5.74) is 3.51. The molecule has 2 N–H and O–H groups in total. The first kappa shape index (κ1) is 11.4. The molecular weight excluding hydrogens is 222 g/mol. The lowest BCUT2D eigenvalue weighted by atomic mass is 10.2. The number of fused-ring (bicyclic) bond motifs is 1. The molecule has 4 heteroatoms. The highest BCUT2D eigenvalue weighted by Crippen LogP contribution is 2.24. The summed E-state index contributed by atoms with van der Waals surface area (Å²) in [6.45, 7) is 3.22. The molecule has 1 aromatic carbocycles. The largest absolute Gasteiger partial charge is 0.341 e. The van der Waals surface area contributed by atoms with E-state index in [9.17, 15) is 0 Å². The molecule has 2 heterocycles. The lowest BCUT2D eigenvalue weighted by Crippen LogP contribution is -2.14. The van der Waals surface area contributed by atoms with Crippen LogP contribution >= 0.6 is 12.4 Å². The van der Waals surface area contributed by atoms with Crippen LogP contribution in [0.2, 0.25) is 0 Å². The summed E-state index contributed by atoms with van der Waals surface area (Å²) in [6.07, 6.45) is 2.44. The number of para-hydroxylation sites is 1. The maximum Gasteiger partial charge on any atom is 0.124 e. The molecule has 0 spiro atoms. The molecule has 0 aliphatic carbocycles. The van der Waals surface area contributed by atoms with Gasteiger partial charge in [-0.15, -0.1) is 12.4 Å². The molecule has 1 aliphatic heterocycles. The molecule has 3 rings (SSSR count). The minimum Gasteiger partial charge on any atom is -0.341 e. The van der Waals surface area contributed by atoms with Gasteiger partial charge in [-0.3, -0.25) is 0 Å². The Morgan fingerprint density at radius 2 is 2.25 bits per heavy atom. The number of imidazole rings is 1. The molecule has 3 nitrogen and oxygen atoms in total. The molecule has 0 saturated carbocycles. The average molecular weight is 238 g/mol. The molecule has 0 radical (unpaired) electrons. The highest BCUT2D eigenvalue weighted by Gasteiger charge is 2.19. The van der Waals surface area contributed by atoms with Gasteiger partial charge >= 0.3 is 0 Å². The van der Waals surface area contributed by atoms with Crippen LogP contribution in [0.4, 0.5) is 0 Å². The van der Waals surface area contributed by atoms with Gasteiger partial charge in [0.15, 0.2) is 0 Å². The molecule has 1 atom stereocenters. The standard InChI is InChI=1S/C12H15N3.ClH/c1-8-4-2-5-9-11(8)15-12(14-9)10-6-3-7-13-10;/h2,4-5,10,13H,3,6-7H2,1H3,(H,14,15);1H/t10-;/m0./s1. The van der Waals surface area contributed by atoms with E-state index in [1.165, 1.54) is 18.4 Å². The number of nitrogens with one attached hydrogen (secondary N) is 2. The van der Waals surface area contributed by atoms with E-state index in [1.54, 1.807) is 0 Å². The van der Waals surface area contributed by atoms with Crippen LogP contribution in [0.15, 0.2) is 18.2 Å². The highest BCUT2D eigenvalue weighted by atomic mass is 35.5. The number of halogens is 1. The zero-order valence-corrected chi connectivity index (χ0v) is 10.1. The second-order valence-electron chi connectivity index (χ2n) is 4.24. The fourth-order valence-corrected chi connectivity index (χ4v) is 2.28. The summed E-state index contributed by atoms with van der Waals surface area (Å²) in [6, 6.07) is 6.70. The maximum absolute atomic E-state index is 4.68. The second kappa shape index (κ2) is 4.44. The Balaban J connectivity index is 0.000000963. The minimum absolute atomic E-state index is 0. The van der Waals surface area contributed by atoms with Crippen molar-refractivity contribution in [2.75, 3.05) is 6.54 Å². The Kier molecular flexibility index (Phi) is 3.17. The van der Waals surface area contributed by atoms with E-state index in [1.807, 2.05) is 0 Å². The molecule has 2 aromatic rings. The Bertz CT molecular complexity index is 486. The molecule has 1 aromatic heterocycles. The molecule has 0 bridgehead atoms. The van der Waals surface area contributed by atoms with Crippen LogP contribution in [0.1, 0.15) is 30.3 Å². The van der Waals surface area contributed by atoms with Gasteiger partial charge in [-0.1, -0.05) is 12.1 Å². The molecule has 0 amide bonds. The number of aromatic nitrogens is 2. The van der Waals surface area contributed by atoms with Crippen LogP contribution in [0.3, 0.4) is 0 Å². The first-order valence-corrected chi connectivity index (χ1v) is 5.53. The quantitative estimate of drug-likeness (QED) is 0.801. The van der Waals surface area contributed by atoms with Gasteiger partial charge < -0.3 is 10.3 Å². The number of H-pyrrole nitrogens is 1. The first-order valence-electron chi connectivity index (χ1n) is 5.53. The van der Waals surface area contributed by atoms with Crippen molar-refractivity contribution in [1.29, 1.82) is 0 Å². The number of nitrogens with zero attached hydrogens (tertiary/aromatic N) is 1. The predicted octanol–water partition coefficient (Wildman–Crippen LogP) is 2.72. The minimum atomic E-state index is 0. The number of benzene rings is 1. The summed E-state index contributed by atoms with van der Waals surface area (Å²) >= 11 is 0. The molecule has 0 unspecified atom stereocenters. The predicted molar refractivity (Wildman–Crippen MR) is 68.1 cm³/mol. The van der Waals surface area contributed by atoms with Crippen molar-refractivity contribution in [3.63, 3.8) is 0 Å². The Morgan fingerprint density at radius 3 is 2.94 bits per heavy atom. The van der Waals surface area contributed by atoms with Crippen LogP contribution < -0.4 is 5.32 Å². The van der Waals surface area contributed by atoms with E-state index in [0.717, 1.165) is 23.4 Å². The van der Waals surface area contributed by atoms with Gasteiger partial charge in [-0.05, 0) is 37.9 Å². The number of hydrogen-bond donors (Lipinski definition) is 2. The summed E-state index contributed by atoms with van der Waals surface area (Å²) in [5, 5.41) is 3.46. The monoisotopic (exact) mass is 237 g/mol. The molecular formula is C12H16ClN3. The van der Waals surface area contributed by atoms with Crippen molar-refractivity contribution < 1.29 is 0 Å². The average Bonchev–Trinajstić information content (AvgIpc) is 2.86. The van der Waals surface area contributed by atoms with Gasteiger partial charge in [-0.2, -0.15) is 0 Å². The molecule has 1 saturated heterocycles. The maximum atomic E-state index is 4.68. The fourth-order valence-electron chi connectivity index (χ4n) is 2.28. The van der Waals surface area contributed by atoms with Crippen molar-refractivity contribution in [3.8, 4) is 0 Å². The van der Waals surface area contributed by atoms with E-state index in [0.29, 0.717) is 6.04 Å². The van der Waals surface area contributed by atoms with E-state index < -0.39 is 0 Å². The lowest BCUT2D eigenvalue weighted by Gasteiger charge is -2.04. The summed E-state index contributed by atoms with van der Waals surface area (Å²) in [5.74, 6) is 1.09. The van der Waals surface area contributed by atoms with Crippen LogP contribution in [-0.4, -0.2) is 16.5 Å². The zero-order valence-electron chi connectivity index (χ0n) is 9.29. The number of hydrogen-bond acceptors (Lipinski definition) is 2. The SMILES string of the molecule is Cc1cccc2[nH]c([C@@H]3CCCN3)nc12.Cl. The zero-order chi connectivity index (χ0) is 10.3. The van der Waals surface area contributed by atoms with Crippen LogP contribution in [0.5, 0.6) is 0 Å². The molecule has 1 fully saturated rings. The van der Waals surface area contributed by atoms with Crippen molar-refractivity contribution in [1.82, 2.24) is 15.3 Å². The van der Waals surface area contributed by atoms with Gasteiger partial charge in [0.1, 0.15) is 5.82 Å². The van der Waals surface area contributed by atoms with Crippen molar-refractivity contribution in [2.24, 2.45) is 0 Å². The molecule has 86 valence electrons. The molecule has 1 aliphatic rings. The van der Waals surface area contributed by atoms with Crippen molar-refractivity contribution in [3.05, 3.63) is 29.6 Å². The third-order valence-corrected chi connectivity index (χ3v) is 3.12. The van der Waals surface area contributed by atoms with Gasteiger partial charge in [0.25, 0.3) is 0 Å².